The molecule has 12 heteroatoms. The van der Waals surface area contributed by atoms with Crippen molar-refractivity contribution in [3.63, 3.8) is 0 Å². The van der Waals surface area contributed by atoms with Crippen molar-refractivity contribution in [3.05, 3.63) is 0 Å². The fourth-order valence-corrected chi connectivity index (χ4v) is 3.69. The molecule has 7 N–H and O–H groups in total. The van der Waals surface area contributed by atoms with Gasteiger partial charge in [0.05, 0.1) is 30.2 Å². The summed E-state index contributed by atoms with van der Waals surface area (Å²) in [5.41, 5.74) is 3.96. The van der Waals surface area contributed by atoms with E-state index in [2.05, 4.69) is 10.6 Å². The fourth-order valence-electron chi connectivity index (χ4n) is 3.69. The van der Waals surface area contributed by atoms with Crippen LogP contribution >= 0.6 is 0 Å². The molecule has 3 amide bonds. The molecule has 35 heavy (non-hydrogen) atoms. The highest BCUT2D eigenvalue weighted by atomic mass is 16.6. The molecule has 6 atom stereocenters. The molecule has 2 fully saturated rings. The molecule has 0 radical (unpaired) electrons. The number of alkyl carbamates (subject to hydrolysis) is 2. The second-order valence-corrected chi connectivity index (χ2v) is 10.7. The predicted molar refractivity (Wildman–Crippen MR) is 127 cm³/mol. The molecule has 2 aliphatic carbocycles. The van der Waals surface area contributed by atoms with Crippen LogP contribution in [0.5, 0.6) is 0 Å². The summed E-state index contributed by atoms with van der Waals surface area (Å²) in [6.45, 7) is 10.5. The van der Waals surface area contributed by atoms with Crippen LogP contribution in [0.1, 0.15) is 74.7 Å². The zero-order valence-corrected chi connectivity index (χ0v) is 20.7. The summed E-state index contributed by atoms with van der Waals surface area (Å²) in [5.74, 6) is -2.38. The van der Waals surface area contributed by atoms with Crippen LogP contribution in [0.25, 0.3) is 0 Å². The first kappa shape index (κ1) is 32.4. The standard InChI is InChI=1S/C11H20N2O4.C11H19NO5.CH4/c1-11(2,3)17-10(16)13-7-4-6(9(12)15)5-8(7)14;1-11(2,3)17-10(16)12-7-4-6(9(14)15)5-8(7)13;/h6-8,14H,4-5H2,1-3H3,(H2,12,15)(H,13,16);6-8,13H,4-5H2,1-3H3,(H,12,16)(H,14,15);1H4/t2*6-,7-,8-;/m11./s1. The number of ether oxygens (including phenoxy) is 2. The monoisotopic (exact) mass is 505 g/mol. The van der Waals surface area contributed by atoms with Gasteiger partial charge < -0.3 is 41.2 Å². The number of hydrogen-bond donors (Lipinski definition) is 6. The van der Waals surface area contributed by atoms with Crippen molar-refractivity contribution in [2.75, 3.05) is 0 Å². The smallest absolute Gasteiger partial charge is 0.407 e. The highest BCUT2D eigenvalue weighted by Gasteiger charge is 2.39. The molecule has 0 aromatic carbocycles. The zero-order chi connectivity index (χ0) is 26.4. The van der Waals surface area contributed by atoms with Crippen LogP contribution in [0.2, 0.25) is 0 Å². The van der Waals surface area contributed by atoms with Crippen molar-refractivity contribution < 1.29 is 44.0 Å². The lowest BCUT2D eigenvalue weighted by molar-refractivity contribution is -0.141. The first-order valence-electron chi connectivity index (χ1n) is 11.2. The van der Waals surface area contributed by atoms with Gasteiger partial charge in [-0.2, -0.15) is 0 Å². The number of carbonyl (C=O) groups excluding carboxylic acids is 3. The lowest BCUT2D eigenvalue weighted by Gasteiger charge is -2.22. The Balaban J connectivity index is 0.000000642. The van der Waals surface area contributed by atoms with Crippen LogP contribution in [0.3, 0.4) is 0 Å². The molecule has 204 valence electrons. The number of carbonyl (C=O) groups is 4. The number of hydrogen-bond acceptors (Lipinski definition) is 8. The summed E-state index contributed by atoms with van der Waals surface area (Å²) in [4.78, 5) is 44.6. The summed E-state index contributed by atoms with van der Waals surface area (Å²) in [7, 11) is 0. The van der Waals surface area contributed by atoms with E-state index in [9.17, 15) is 29.4 Å². The minimum absolute atomic E-state index is 0. The van der Waals surface area contributed by atoms with Crippen molar-refractivity contribution in [2.24, 2.45) is 17.6 Å². The average Bonchev–Trinajstić information content (AvgIpc) is 3.16. The van der Waals surface area contributed by atoms with E-state index in [-0.39, 0.29) is 32.6 Å². The predicted octanol–water partition coefficient (Wildman–Crippen LogP) is 1.51. The van der Waals surface area contributed by atoms with E-state index in [0.717, 1.165) is 0 Å². The summed E-state index contributed by atoms with van der Waals surface area (Å²) >= 11 is 0. The average molecular weight is 506 g/mol. The van der Waals surface area contributed by atoms with Gasteiger partial charge in [0.25, 0.3) is 0 Å². The molecule has 0 aromatic heterocycles. The van der Waals surface area contributed by atoms with E-state index < -0.39 is 65.5 Å². The summed E-state index contributed by atoms with van der Waals surface area (Å²) in [6.07, 6.45) is -1.76. The second-order valence-electron chi connectivity index (χ2n) is 10.7. The van der Waals surface area contributed by atoms with Gasteiger partial charge in [-0.05, 0) is 67.2 Å². The third-order valence-electron chi connectivity index (χ3n) is 5.21. The van der Waals surface area contributed by atoms with E-state index in [4.69, 9.17) is 20.3 Å². The van der Waals surface area contributed by atoms with Gasteiger partial charge in [0, 0.05) is 5.92 Å². The van der Waals surface area contributed by atoms with Gasteiger partial charge in [-0.3, -0.25) is 9.59 Å². The Labute approximate surface area is 206 Å². The van der Waals surface area contributed by atoms with E-state index in [1.54, 1.807) is 41.5 Å². The summed E-state index contributed by atoms with van der Waals surface area (Å²) in [5, 5.41) is 33.2. The molecule has 0 bridgehead atoms. The molecular formula is C23H43N3O9. The lowest BCUT2D eigenvalue weighted by atomic mass is 10.1. The minimum atomic E-state index is -0.947. The Bertz CT molecular complexity index is 683. The molecule has 2 aliphatic rings. The van der Waals surface area contributed by atoms with E-state index >= 15 is 0 Å². The quantitative estimate of drug-likeness (QED) is 0.328. The maximum absolute atomic E-state index is 11.5. The van der Waals surface area contributed by atoms with Crippen LogP contribution in [0.4, 0.5) is 9.59 Å². The summed E-state index contributed by atoms with van der Waals surface area (Å²) < 4.78 is 10.1. The Morgan fingerprint density at radius 1 is 0.743 bits per heavy atom. The second kappa shape index (κ2) is 12.9. The molecule has 0 aliphatic heterocycles. The third kappa shape index (κ3) is 12.1. The van der Waals surface area contributed by atoms with Gasteiger partial charge in [-0.15, -0.1) is 0 Å². The number of nitrogens with one attached hydrogen (secondary N) is 2. The Morgan fingerprint density at radius 3 is 1.34 bits per heavy atom. The van der Waals surface area contributed by atoms with Gasteiger partial charge in [0.15, 0.2) is 0 Å². The van der Waals surface area contributed by atoms with Crippen molar-refractivity contribution in [2.45, 2.75) is 110 Å². The minimum Gasteiger partial charge on any atom is -0.481 e. The van der Waals surface area contributed by atoms with Gasteiger partial charge in [-0.1, -0.05) is 7.43 Å². The highest BCUT2D eigenvalue weighted by molar-refractivity contribution is 5.77. The largest absolute Gasteiger partial charge is 0.481 e. The number of aliphatic carboxylic acids is 1. The van der Waals surface area contributed by atoms with Gasteiger partial charge in [0.2, 0.25) is 5.91 Å². The molecule has 2 saturated carbocycles. The van der Waals surface area contributed by atoms with Gasteiger partial charge in [0.1, 0.15) is 11.2 Å². The number of aliphatic hydroxyl groups is 2. The first-order chi connectivity index (χ1) is 15.4. The number of aliphatic hydroxyl groups excluding tert-OH is 2. The topological polar surface area (TPSA) is 198 Å². The molecule has 0 saturated heterocycles. The van der Waals surface area contributed by atoms with Crippen LogP contribution in [-0.2, 0) is 19.1 Å². The SMILES string of the molecule is C.CC(C)(C)OC(=O)N[C@@H]1C[C@@H](C(=O)O)C[C@H]1O.CC(C)(C)OC(=O)N[C@@H]1C[C@@H](C(N)=O)C[C@H]1O. The number of amides is 3. The van der Waals surface area contributed by atoms with Crippen molar-refractivity contribution in [1.82, 2.24) is 10.6 Å². The van der Waals surface area contributed by atoms with Gasteiger partial charge >= 0.3 is 18.2 Å². The van der Waals surface area contributed by atoms with Crippen molar-refractivity contribution in [3.8, 4) is 0 Å². The lowest BCUT2D eigenvalue weighted by Crippen LogP contribution is -2.42. The van der Waals surface area contributed by atoms with Crippen molar-refractivity contribution >= 4 is 24.1 Å². The molecule has 0 spiro atoms. The Kier molecular flexibility index (Phi) is 12.0. The maximum atomic E-state index is 11.5. The zero-order valence-electron chi connectivity index (χ0n) is 20.7. The van der Waals surface area contributed by atoms with E-state index in [1.807, 2.05) is 0 Å². The molecular weight excluding hydrogens is 462 g/mol. The molecule has 0 heterocycles. The number of carboxylic acids is 1. The number of carboxylic acid groups (broad SMARTS) is 1. The molecule has 12 nitrogen and oxygen atoms in total. The first-order valence-corrected chi connectivity index (χ1v) is 11.2. The molecule has 2 rings (SSSR count). The fraction of sp³-hybridized carbons (Fsp3) is 0.826. The Morgan fingerprint density at radius 2 is 1.09 bits per heavy atom. The molecule has 0 unspecified atom stereocenters. The maximum Gasteiger partial charge on any atom is 0.407 e. The number of rotatable bonds is 4. The summed E-state index contributed by atoms with van der Waals surface area (Å²) in [6, 6.07) is -1.02. The van der Waals surface area contributed by atoms with Crippen LogP contribution in [0.15, 0.2) is 0 Å². The van der Waals surface area contributed by atoms with Crippen LogP contribution in [0, 0.1) is 11.8 Å². The van der Waals surface area contributed by atoms with E-state index in [0.29, 0.717) is 6.42 Å². The van der Waals surface area contributed by atoms with E-state index in [1.165, 1.54) is 0 Å². The van der Waals surface area contributed by atoms with Crippen molar-refractivity contribution in [1.29, 1.82) is 0 Å². The van der Waals surface area contributed by atoms with Gasteiger partial charge in [-0.25, -0.2) is 9.59 Å². The number of primary amides is 1. The number of nitrogens with two attached hydrogens (primary N) is 1. The van der Waals surface area contributed by atoms with Crippen LogP contribution in [-0.4, -0.2) is 74.9 Å². The highest BCUT2D eigenvalue weighted by Crippen LogP contribution is 2.27. The third-order valence-corrected chi connectivity index (χ3v) is 5.21. The normalized spacial score (nSPS) is 28.0. The van der Waals surface area contributed by atoms with Crippen LogP contribution < -0.4 is 16.4 Å². The molecule has 0 aromatic rings. The Hall–Kier alpha value is -2.60.